The lowest BCUT2D eigenvalue weighted by Crippen LogP contribution is -2.36. The highest BCUT2D eigenvalue weighted by Gasteiger charge is 2.27. The first-order chi connectivity index (χ1) is 7.37. The second-order valence-corrected chi connectivity index (χ2v) is 4.33. The van der Waals surface area contributed by atoms with Gasteiger partial charge >= 0.3 is 6.18 Å². The molecule has 0 aliphatic heterocycles. The monoisotopic (exact) mass is 261 g/mol. The van der Waals surface area contributed by atoms with Crippen molar-refractivity contribution in [1.82, 2.24) is 5.32 Å². The molecule has 2 nitrogen and oxygen atoms in total. The molecule has 0 saturated heterocycles. The first-order valence-corrected chi connectivity index (χ1v) is 5.84. The van der Waals surface area contributed by atoms with Crippen molar-refractivity contribution in [2.45, 2.75) is 32.5 Å². The van der Waals surface area contributed by atoms with Crippen LogP contribution in [-0.2, 0) is 4.74 Å². The Morgan fingerprint density at radius 3 is 2.38 bits per heavy atom. The van der Waals surface area contributed by atoms with Gasteiger partial charge < -0.3 is 10.1 Å². The Balaban J connectivity index is 3.55. The van der Waals surface area contributed by atoms with Crippen molar-refractivity contribution in [3.05, 3.63) is 0 Å². The standard InChI is InChI=1S/C10H19ClF3NO/c1-8(2)9(3-4-11)15-5-6-16-7-10(12,13)14/h8-9,15H,3-7H2,1-2H3. The molecule has 1 atom stereocenters. The summed E-state index contributed by atoms with van der Waals surface area (Å²) >= 11 is 5.62. The molecule has 1 unspecified atom stereocenters. The van der Waals surface area contributed by atoms with Gasteiger partial charge in [-0.25, -0.2) is 0 Å². The predicted molar refractivity (Wildman–Crippen MR) is 58.8 cm³/mol. The average Bonchev–Trinajstić information content (AvgIpc) is 2.13. The molecule has 0 aromatic rings. The van der Waals surface area contributed by atoms with Gasteiger partial charge in [0.2, 0.25) is 0 Å². The molecule has 1 N–H and O–H groups in total. The molecule has 0 aliphatic rings. The third-order valence-corrected chi connectivity index (χ3v) is 2.36. The molecule has 0 aromatic carbocycles. The fourth-order valence-electron chi connectivity index (χ4n) is 1.29. The molecule has 6 heteroatoms. The van der Waals surface area contributed by atoms with E-state index in [1.54, 1.807) is 0 Å². The smallest absolute Gasteiger partial charge is 0.371 e. The predicted octanol–water partition coefficient (Wildman–Crippen LogP) is 2.81. The third-order valence-electron chi connectivity index (χ3n) is 2.14. The zero-order valence-electron chi connectivity index (χ0n) is 9.61. The molecule has 0 fully saturated rings. The SMILES string of the molecule is CC(C)C(CCCl)NCCOCC(F)(F)F. The van der Waals surface area contributed by atoms with Gasteiger partial charge in [0.05, 0.1) is 6.61 Å². The maximum Gasteiger partial charge on any atom is 0.411 e. The summed E-state index contributed by atoms with van der Waals surface area (Å²) in [5.41, 5.74) is 0. The summed E-state index contributed by atoms with van der Waals surface area (Å²) in [6.45, 7) is 3.37. The average molecular weight is 262 g/mol. The van der Waals surface area contributed by atoms with Crippen LogP contribution in [0.1, 0.15) is 20.3 Å². The van der Waals surface area contributed by atoms with Crippen LogP contribution in [0.25, 0.3) is 0 Å². The van der Waals surface area contributed by atoms with Crippen LogP contribution in [0.5, 0.6) is 0 Å². The van der Waals surface area contributed by atoms with Gasteiger partial charge in [0.15, 0.2) is 0 Å². The molecule has 98 valence electrons. The summed E-state index contributed by atoms with van der Waals surface area (Å²) in [6, 6.07) is 0.229. The minimum atomic E-state index is -4.24. The summed E-state index contributed by atoms with van der Waals surface area (Å²) in [6.07, 6.45) is -3.44. The Labute approximate surface area is 99.5 Å². The number of ether oxygens (including phenoxy) is 1. The van der Waals surface area contributed by atoms with E-state index in [4.69, 9.17) is 11.6 Å². The highest BCUT2D eigenvalue weighted by atomic mass is 35.5. The first kappa shape index (κ1) is 16.0. The zero-order valence-corrected chi connectivity index (χ0v) is 10.4. The molecule has 0 heterocycles. The van der Waals surface area contributed by atoms with Gasteiger partial charge in [0, 0.05) is 18.5 Å². The van der Waals surface area contributed by atoms with Crippen molar-refractivity contribution in [2.75, 3.05) is 25.6 Å². The molecule has 0 radical (unpaired) electrons. The zero-order chi connectivity index (χ0) is 12.6. The molecule has 0 amide bonds. The van der Waals surface area contributed by atoms with Crippen LogP contribution in [0.3, 0.4) is 0 Å². The summed E-state index contributed by atoms with van der Waals surface area (Å²) in [4.78, 5) is 0. The summed E-state index contributed by atoms with van der Waals surface area (Å²) in [5.74, 6) is 0.945. The van der Waals surface area contributed by atoms with E-state index in [1.165, 1.54) is 0 Å². The number of rotatable bonds is 8. The van der Waals surface area contributed by atoms with Crippen LogP contribution < -0.4 is 5.32 Å². The summed E-state index contributed by atoms with van der Waals surface area (Å²) < 4.78 is 39.7. The summed E-state index contributed by atoms with van der Waals surface area (Å²) in [7, 11) is 0. The first-order valence-electron chi connectivity index (χ1n) is 5.30. The van der Waals surface area contributed by atoms with E-state index in [0.717, 1.165) is 6.42 Å². The molecule has 0 aromatic heterocycles. The van der Waals surface area contributed by atoms with Crippen LogP contribution in [0.4, 0.5) is 13.2 Å². The summed E-state index contributed by atoms with van der Waals surface area (Å²) in [5, 5.41) is 3.13. The maximum absolute atomic E-state index is 11.7. The van der Waals surface area contributed by atoms with E-state index in [0.29, 0.717) is 18.3 Å². The number of halogens is 4. The lowest BCUT2D eigenvalue weighted by Gasteiger charge is -2.21. The Hall–Kier alpha value is -0.0000000000000000555. The van der Waals surface area contributed by atoms with Crippen molar-refractivity contribution < 1.29 is 17.9 Å². The fourth-order valence-corrected chi connectivity index (χ4v) is 1.53. The van der Waals surface area contributed by atoms with E-state index in [-0.39, 0.29) is 12.6 Å². The number of nitrogens with one attached hydrogen (secondary N) is 1. The minimum Gasteiger partial charge on any atom is -0.371 e. The van der Waals surface area contributed by atoms with Gasteiger partial charge in [-0.1, -0.05) is 13.8 Å². The fraction of sp³-hybridized carbons (Fsp3) is 1.00. The van der Waals surface area contributed by atoms with Gasteiger partial charge in [-0.05, 0) is 12.3 Å². The lowest BCUT2D eigenvalue weighted by molar-refractivity contribution is -0.173. The van der Waals surface area contributed by atoms with Crippen molar-refractivity contribution in [2.24, 2.45) is 5.92 Å². The number of hydrogen-bond acceptors (Lipinski definition) is 2. The Kier molecular flexibility index (Phi) is 8.14. The molecule has 0 bridgehead atoms. The Bertz CT molecular complexity index is 176. The number of hydrogen-bond donors (Lipinski definition) is 1. The molecule has 0 aliphatic carbocycles. The van der Waals surface area contributed by atoms with Gasteiger partial charge in [-0.3, -0.25) is 0 Å². The largest absolute Gasteiger partial charge is 0.411 e. The van der Waals surface area contributed by atoms with E-state index in [9.17, 15) is 13.2 Å². The van der Waals surface area contributed by atoms with Crippen molar-refractivity contribution in [3.63, 3.8) is 0 Å². The van der Waals surface area contributed by atoms with E-state index >= 15 is 0 Å². The van der Waals surface area contributed by atoms with Gasteiger partial charge in [0.25, 0.3) is 0 Å². The third kappa shape index (κ3) is 9.24. The maximum atomic E-state index is 11.7. The topological polar surface area (TPSA) is 21.3 Å². The van der Waals surface area contributed by atoms with Crippen LogP contribution >= 0.6 is 11.6 Å². The van der Waals surface area contributed by atoms with Crippen molar-refractivity contribution in [1.29, 1.82) is 0 Å². The van der Waals surface area contributed by atoms with Crippen LogP contribution in [0.15, 0.2) is 0 Å². The molecular weight excluding hydrogens is 243 g/mol. The highest BCUT2D eigenvalue weighted by molar-refractivity contribution is 6.17. The quantitative estimate of drug-likeness (QED) is 0.536. The molecule has 0 saturated carbocycles. The van der Waals surface area contributed by atoms with E-state index in [1.807, 2.05) is 13.8 Å². The van der Waals surface area contributed by atoms with Crippen LogP contribution in [-0.4, -0.2) is 37.9 Å². The minimum absolute atomic E-state index is 0.0605. The number of alkyl halides is 4. The van der Waals surface area contributed by atoms with Crippen molar-refractivity contribution >= 4 is 11.6 Å². The Morgan fingerprint density at radius 2 is 1.94 bits per heavy atom. The van der Waals surface area contributed by atoms with Crippen molar-refractivity contribution in [3.8, 4) is 0 Å². The van der Waals surface area contributed by atoms with E-state index in [2.05, 4.69) is 10.1 Å². The second-order valence-electron chi connectivity index (χ2n) is 3.95. The second kappa shape index (κ2) is 8.14. The normalized spacial score (nSPS) is 14.4. The van der Waals surface area contributed by atoms with Gasteiger partial charge in [-0.15, -0.1) is 11.6 Å². The highest BCUT2D eigenvalue weighted by Crippen LogP contribution is 2.14. The van der Waals surface area contributed by atoms with E-state index < -0.39 is 12.8 Å². The van der Waals surface area contributed by atoms with Crippen LogP contribution in [0, 0.1) is 5.92 Å². The molecular formula is C10H19ClF3NO. The molecule has 0 rings (SSSR count). The lowest BCUT2D eigenvalue weighted by atomic mass is 10.0. The van der Waals surface area contributed by atoms with Gasteiger partial charge in [0.1, 0.15) is 6.61 Å². The van der Waals surface area contributed by atoms with Crippen LogP contribution in [0.2, 0.25) is 0 Å². The molecule has 0 spiro atoms. The van der Waals surface area contributed by atoms with Gasteiger partial charge in [-0.2, -0.15) is 13.2 Å². The Morgan fingerprint density at radius 1 is 1.31 bits per heavy atom. The molecule has 16 heavy (non-hydrogen) atoms.